The third-order valence-corrected chi connectivity index (χ3v) is 2.76. The number of hydrogen-bond donors (Lipinski definition) is 0. The van der Waals surface area contributed by atoms with Crippen molar-refractivity contribution in [1.82, 2.24) is 0 Å². The van der Waals surface area contributed by atoms with Crippen LogP contribution in [0.2, 0.25) is 0 Å². The van der Waals surface area contributed by atoms with Crippen molar-refractivity contribution in [3.05, 3.63) is 23.8 Å². The predicted molar refractivity (Wildman–Crippen MR) is 67.6 cm³/mol. The number of halogens is 1. The lowest BCUT2D eigenvalue weighted by Gasteiger charge is -2.16. The second-order valence-corrected chi connectivity index (χ2v) is 4.06. The first-order valence-corrected chi connectivity index (χ1v) is 6.22. The summed E-state index contributed by atoms with van der Waals surface area (Å²) in [5.74, 6) is 1.50. The van der Waals surface area contributed by atoms with E-state index in [1.807, 2.05) is 25.1 Å². The van der Waals surface area contributed by atoms with Crippen LogP contribution >= 0.6 is 15.9 Å². The van der Waals surface area contributed by atoms with Crippen LogP contribution in [-0.4, -0.2) is 26.9 Å². The van der Waals surface area contributed by atoms with Gasteiger partial charge in [0.2, 0.25) is 0 Å². The molecule has 1 rings (SSSR count). The highest BCUT2D eigenvalue weighted by atomic mass is 79.9. The van der Waals surface area contributed by atoms with Gasteiger partial charge in [0.25, 0.3) is 0 Å². The smallest absolute Gasteiger partial charge is 0.161 e. The third kappa shape index (κ3) is 3.68. The lowest BCUT2D eigenvalue weighted by molar-refractivity contribution is 0.0900. The van der Waals surface area contributed by atoms with Crippen molar-refractivity contribution in [2.45, 2.75) is 18.4 Å². The van der Waals surface area contributed by atoms with Gasteiger partial charge in [-0.25, -0.2) is 0 Å². The highest BCUT2D eigenvalue weighted by molar-refractivity contribution is 9.08. The Kier molecular flexibility index (Phi) is 5.63. The van der Waals surface area contributed by atoms with E-state index in [-0.39, 0.29) is 6.10 Å². The van der Waals surface area contributed by atoms with E-state index in [2.05, 4.69) is 15.9 Å². The summed E-state index contributed by atoms with van der Waals surface area (Å²) < 4.78 is 16.0. The monoisotopic (exact) mass is 288 g/mol. The van der Waals surface area contributed by atoms with E-state index in [4.69, 9.17) is 14.2 Å². The van der Waals surface area contributed by atoms with Gasteiger partial charge in [-0.3, -0.25) is 0 Å². The first kappa shape index (κ1) is 13.3. The Morgan fingerprint density at radius 3 is 2.56 bits per heavy atom. The molecule has 0 aliphatic heterocycles. The van der Waals surface area contributed by atoms with E-state index in [1.54, 1.807) is 14.2 Å². The van der Waals surface area contributed by atoms with Crippen molar-refractivity contribution in [1.29, 1.82) is 0 Å². The molecule has 16 heavy (non-hydrogen) atoms. The lowest BCUT2D eigenvalue weighted by Crippen LogP contribution is -2.18. The van der Waals surface area contributed by atoms with Crippen LogP contribution in [0, 0.1) is 0 Å². The molecule has 3 nitrogen and oxygen atoms in total. The van der Waals surface area contributed by atoms with Gasteiger partial charge in [0.15, 0.2) is 11.5 Å². The molecule has 0 spiro atoms. The first-order valence-electron chi connectivity index (χ1n) is 5.09. The molecule has 0 fully saturated rings. The molecule has 1 aromatic carbocycles. The summed E-state index contributed by atoms with van der Waals surface area (Å²) in [7, 11) is 3.30. The van der Waals surface area contributed by atoms with Gasteiger partial charge in [-0.05, 0) is 24.6 Å². The molecular weight excluding hydrogens is 272 g/mol. The number of methoxy groups -OCH3 is 2. The van der Waals surface area contributed by atoms with Gasteiger partial charge in [0.1, 0.15) is 6.10 Å². The summed E-state index contributed by atoms with van der Waals surface area (Å²) in [5.41, 5.74) is 1.16. The van der Waals surface area contributed by atoms with Crippen LogP contribution < -0.4 is 9.47 Å². The summed E-state index contributed by atoms with van der Waals surface area (Å²) >= 11 is 3.40. The SMILES string of the molecule is COCC(C)Oc1ccc(CBr)cc1OC. The fraction of sp³-hybridized carbons (Fsp3) is 0.500. The maximum absolute atomic E-state index is 5.71. The van der Waals surface area contributed by atoms with Crippen LogP contribution in [-0.2, 0) is 10.1 Å². The van der Waals surface area contributed by atoms with Crippen LogP contribution in [0.3, 0.4) is 0 Å². The zero-order chi connectivity index (χ0) is 12.0. The Hall–Kier alpha value is -0.740. The Morgan fingerprint density at radius 2 is 2.00 bits per heavy atom. The minimum absolute atomic E-state index is 0.00807. The van der Waals surface area contributed by atoms with Crippen LogP contribution in [0.5, 0.6) is 11.5 Å². The van der Waals surface area contributed by atoms with E-state index in [0.29, 0.717) is 6.61 Å². The topological polar surface area (TPSA) is 27.7 Å². The van der Waals surface area contributed by atoms with Crippen molar-refractivity contribution < 1.29 is 14.2 Å². The van der Waals surface area contributed by atoms with E-state index >= 15 is 0 Å². The number of hydrogen-bond acceptors (Lipinski definition) is 3. The molecule has 1 atom stereocenters. The molecule has 0 saturated heterocycles. The normalized spacial score (nSPS) is 12.2. The molecule has 4 heteroatoms. The van der Waals surface area contributed by atoms with Crippen LogP contribution in [0.25, 0.3) is 0 Å². The van der Waals surface area contributed by atoms with Gasteiger partial charge in [0, 0.05) is 12.4 Å². The van der Waals surface area contributed by atoms with E-state index in [0.717, 1.165) is 22.4 Å². The fourth-order valence-corrected chi connectivity index (χ4v) is 1.73. The first-order chi connectivity index (χ1) is 7.71. The molecule has 90 valence electrons. The second kappa shape index (κ2) is 6.76. The van der Waals surface area contributed by atoms with E-state index in [1.165, 1.54) is 0 Å². The molecule has 0 aromatic heterocycles. The Bertz CT molecular complexity index is 328. The quantitative estimate of drug-likeness (QED) is 0.753. The highest BCUT2D eigenvalue weighted by Gasteiger charge is 2.09. The van der Waals surface area contributed by atoms with Crippen molar-refractivity contribution in [2.75, 3.05) is 20.8 Å². The molecular formula is C12H17BrO3. The van der Waals surface area contributed by atoms with E-state index in [9.17, 15) is 0 Å². The average Bonchev–Trinajstić information content (AvgIpc) is 2.30. The zero-order valence-electron chi connectivity index (χ0n) is 9.83. The maximum atomic E-state index is 5.71. The minimum Gasteiger partial charge on any atom is -0.493 e. The van der Waals surface area contributed by atoms with Gasteiger partial charge >= 0.3 is 0 Å². The Balaban J connectivity index is 2.78. The van der Waals surface area contributed by atoms with E-state index < -0.39 is 0 Å². The molecule has 0 saturated carbocycles. The molecule has 0 aliphatic carbocycles. The van der Waals surface area contributed by atoms with Crippen LogP contribution in [0.1, 0.15) is 12.5 Å². The van der Waals surface area contributed by atoms with Crippen LogP contribution in [0.15, 0.2) is 18.2 Å². The summed E-state index contributed by atoms with van der Waals surface area (Å²) in [5, 5.41) is 0.803. The molecule has 0 amide bonds. The highest BCUT2D eigenvalue weighted by Crippen LogP contribution is 2.29. The standard InChI is InChI=1S/C12H17BrO3/c1-9(8-14-2)16-11-5-4-10(7-13)6-12(11)15-3/h4-6,9H,7-8H2,1-3H3. The molecule has 1 unspecified atom stereocenters. The number of ether oxygens (including phenoxy) is 3. The summed E-state index contributed by atoms with van der Waals surface area (Å²) in [6, 6.07) is 5.89. The zero-order valence-corrected chi connectivity index (χ0v) is 11.4. The molecule has 0 N–H and O–H groups in total. The lowest BCUT2D eigenvalue weighted by atomic mass is 10.2. The third-order valence-electron chi connectivity index (χ3n) is 2.11. The molecule has 0 aliphatic rings. The maximum Gasteiger partial charge on any atom is 0.161 e. The van der Waals surface area contributed by atoms with Crippen molar-refractivity contribution in [2.24, 2.45) is 0 Å². The van der Waals surface area contributed by atoms with Crippen LogP contribution in [0.4, 0.5) is 0 Å². The molecule has 0 heterocycles. The number of rotatable bonds is 6. The second-order valence-electron chi connectivity index (χ2n) is 3.50. The number of benzene rings is 1. The minimum atomic E-state index is 0.00807. The summed E-state index contributed by atoms with van der Waals surface area (Å²) in [4.78, 5) is 0. The van der Waals surface area contributed by atoms with Gasteiger partial charge in [0.05, 0.1) is 13.7 Å². The largest absolute Gasteiger partial charge is 0.493 e. The van der Waals surface area contributed by atoms with Gasteiger partial charge in [-0.1, -0.05) is 22.0 Å². The molecule has 0 radical (unpaired) electrons. The average molecular weight is 289 g/mol. The number of alkyl halides is 1. The molecule has 0 bridgehead atoms. The predicted octanol–water partition coefficient (Wildman–Crippen LogP) is 3.00. The summed E-state index contributed by atoms with van der Waals surface area (Å²) in [6.45, 7) is 2.52. The Morgan fingerprint density at radius 1 is 1.25 bits per heavy atom. The summed E-state index contributed by atoms with van der Waals surface area (Å²) in [6.07, 6.45) is 0.00807. The fourth-order valence-electron chi connectivity index (χ4n) is 1.38. The van der Waals surface area contributed by atoms with Crippen molar-refractivity contribution in [3.8, 4) is 11.5 Å². The van der Waals surface area contributed by atoms with Crippen molar-refractivity contribution in [3.63, 3.8) is 0 Å². The van der Waals surface area contributed by atoms with Gasteiger partial charge < -0.3 is 14.2 Å². The van der Waals surface area contributed by atoms with Gasteiger partial charge in [-0.15, -0.1) is 0 Å². The van der Waals surface area contributed by atoms with Crippen molar-refractivity contribution >= 4 is 15.9 Å². The Labute approximate surface area is 105 Å². The van der Waals surface area contributed by atoms with Gasteiger partial charge in [-0.2, -0.15) is 0 Å². The molecule has 1 aromatic rings.